The van der Waals surface area contributed by atoms with Gasteiger partial charge in [-0.3, -0.25) is 4.72 Å². The van der Waals surface area contributed by atoms with E-state index >= 15 is 0 Å². The van der Waals surface area contributed by atoms with Gasteiger partial charge >= 0.3 is 0 Å². The number of rotatable bonds is 3. The molecule has 0 spiro atoms. The molecule has 0 atom stereocenters. The van der Waals surface area contributed by atoms with E-state index in [4.69, 9.17) is 5.26 Å². The quantitative estimate of drug-likeness (QED) is 0.912. The summed E-state index contributed by atoms with van der Waals surface area (Å²) in [5, 5.41) is 8.67. The zero-order valence-electron chi connectivity index (χ0n) is 9.22. The van der Waals surface area contributed by atoms with Crippen molar-refractivity contribution in [1.29, 1.82) is 5.26 Å². The Bertz CT molecular complexity index is 765. The Hall–Kier alpha value is -1.43. The summed E-state index contributed by atoms with van der Waals surface area (Å²) in [6.45, 7) is 0. The summed E-state index contributed by atoms with van der Waals surface area (Å²) in [6.07, 6.45) is 0. The topological polar surface area (TPSA) is 70.0 Å². The molecule has 98 valence electrons. The third-order valence-corrected chi connectivity index (χ3v) is 5.67. The van der Waals surface area contributed by atoms with Crippen LogP contribution in [0.25, 0.3) is 0 Å². The third kappa shape index (κ3) is 3.12. The highest BCUT2D eigenvalue weighted by Gasteiger charge is 2.18. The van der Waals surface area contributed by atoms with Gasteiger partial charge in [0.05, 0.1) is 5.69 Å². The van der Waals surface area contributed by atoms with Crippen LogP contribution in [-0.4, -0.2) is 8.42 Å². The summed E-state index contributed by atoms with van der Waals surface area (Å²) in [5.74, 6) is -0.551. The lowest BCUT2D eigenvalue weighted by molar-refractivity contribution is 0.603. The lowest BCUT2D eigenvalue weighted by Gasteiger charge is -2.08. The van der Waals surface area contributed by atoms with Gasteiger partial charge in [0, 0.05) is 4.47 Å². The minimum atomic E-state index is -3.82. The Morgan fingerprint density at radius 3 is 2.68 bits per heavy atom. The van der Waals surface area contributed by atoms with Crippen molar-refractivity contribution in [3.63, 3.8) is 0 Å². The van der Waals surface area contributed by atoms with E-state index in [1.807, 2.05) is 6.07 Å². The molecule has 1 aromatic heterocycles. The summed E-state index contributed by atoms with van der Waals surface area (Å²) >= 11 is 3.98. The van der Waals surface area contributed by atoms with Crippen molar-refractivity contribution >= 4 is 43.0 Å². The van der Waals surface area contributed by atoms with E-state index in [0.717, 1.165) is 17.4 Å². The highest BCUT2D eigenvalue weighted by atomic mass is 79.9. The molecule has 0 radical (unpaired) electrons. The molecule has 1 N–H and O–H groups in total. The van der Waals surface area contributed by atoms with Gasteiger partial charge < -0.3 is 0 Å². The van der Waals surface area contributed by atoms with E-state index in [-0.39, 0.29) is 9.90 Å². The van der Waals surface area contributed by atoms with Crippen molar-refractivity contribution < 1.29 is 12.8 Å². The zero-order valence-corrected chi connectivity index (χ0v) is 12.4. The monoisotopic (exact) mass is 360 g/mol. The Morgan fingerprint density at radius 2 is 2.05 bits per heavy atom. The molecular formula is C11H6BrFN2O2S2. The molecule has 0 saturated heterocycles. The predicted octanol–water partition coefficient (Wildman–Crippen LogP) is 3.32. The second-order valence-corrected chi connectivity index (χ2v) is 7.31. The average Bonchev–Trinajstić information content (AvgIpc) is 2.83. The summed E-state index contributed by atoms with van der Waals surface area (Å²) in [4.78, 5) is 0.290. The summed E-state index contributed by atoms with van der Waals surface area (Å²) in [7, 11) is -3.82. The van der Waals surface area contributed by atoms with Gasteiger partial charge in [-0.1, -0.05) is 0 Å². The van der Waals surface area contributed by atoms with E-state index < -0.39 is 15.8 Å². The van der Waals surface area contributed by atoms with Crippen molar-refractivity contribution in [3.8, 4) is 6.07 Å². The number of nitriles is 1. The fraction of sp³-hybridized carbons (Fsp3) is 0. The molecule has 19 heavy (non-hydrogen) atoms. The molecule has 0 saturated carbocycles. The Labute approximate surface area is 121 Å². The SMILES string of the molecule is N#Cc1ccc(S(=O)(=O)Nc2cc(F)ccc2Br)s1. The van der Waals surface area contributed by atoms with Crippen LogP contribution >= 0.6 is 27.3 Å². The Balaban J connectivity index is 2.36. The summed E-state index contributed by atoms with van der Waals surface area (Å²) in [6, 6.07) is 8.29. The van der Waals surface area contributed by atoms with E-state index in [9.17, 15) is 12.8 Å². The van der Waals surface area contributed by atoms with Crippen LogP contribution in [0.15, 0.2) is 39.0 Å². The van der Waals surface area contributed by atoms with E-state index in [1.54, 1.807) is 0 Å². The van der Waals surface area contributed by atoms with Crippen molar-refractivity contribution in [2.45, 2.75) is 4.21 Å². The van der Waals surface area contributed by atoms with Crippen LogP contribution in [0.5, 0.6) is 0 Å². The normalized spacial score (nSPS) is 11.0. The number of benzene rings is 1. The van der Waals surface area contributed by atoms with Gasteiger partial charge in [0.15, 0.2) is 0 Å². The number of nitrogens with zero attached hydrogens (tertiary/aromatic N) is 1. The molecule has 0 aliphatic rings. The Kier molecular flexibility index (Phi) is 3.89. The van der Waals surface area contributed by atoms with Crippen LogP contribution in [0, 0.1) is 17.1 Å². The van der Waals surface area contributed by atoms with Crippen LogP contribution in [0.4, 0.5) is 10.1 Å². The second kappa shape index (κ2) is 5.28. The van der Waals surface area contributed by atoms with E-state index in [2.05, 4.69) is 20.7 Å². The molecule has 2 aromatic rings. The average molecular weight is 361 g/mol. The lowest BCUT2D eigenvalue weighted by atomic mass is 10.3. The number of hydrogen-bond donors (Lipinski definition) is 1. The molecule has 0 amide bonds. The van der Waals surface area contributed by atoms with Crippen LogP contribution in [0.2, 0.25) is 0 Å². The number of halogens is 2. The van der Waals surface area contributed by atoms with Crippen LogP contribution in [0.1, 0.15) is 4.88 Å². The molecule has 0 aliphatic carbocycles. The largest absolute Gasteiger partial charge is 0.278 e. The van der Waals surface area contributed by atoms with E-state index in [0.29, 0.717) is 9.35 Å². The van der Waals surface area contributed by atoms with Gasteiger partial charge in [-0.2, -0.15) is 5.26 Å². The van der Waals surface area contributed by atoms with Gasteiger partial charge in [-0.05, 0) is 46.3 Å². The number of sulfonamides is 1. The molecule has 0 unspecified atom stereocenters. The first kappa shape index (κ1) is 14.0. The third-order valence-electron chi connectivity index (χ3n) is 2.13. The number of anilines is 1. The predicted molar refractivity (Wildman–Crippen MR) is 73.9 cm³/mol. The van der Waals surface area contributed by atoms with E-state index in [1.165, 1.54) is 24.3 Å². The number of nitrogens with one attached hydrogen (secondary N) is 1. The van der Waals surface area contributed by atoms with Crippen molar-refractivity contribution in [2.24, 2.45) is 0 Å². The first-order valence-electron chi connectivity index (χ1n) is 4.90. The van der Waals surface area contributed by atoms with Gasteiger partial charge in [0.2, 0.25) is 0 Å². The van der Waals surface area contributed by atoms with Gasteiger partial charge in [0.25, 0.3) is 10.0 Å². The standard InChI is InChI=1S/C11H6BrFN2O2S2/c12-9-3-1-7(13)5-10(9)15-19(16,17)11-4-2-8(6-14)18-11/h1-5,15H. The van der Waals surface area contributed by atoms with Crippen LogP contribution in [0.3, 0.4) is 0 Å². The maximum Gasteiger partial charge on any atom is 0.271 e. The number of thiophene rings is 1. The summed E-state index contributed by atoms with van der Waals surface area (Å²) < 4.78 is 39.9. The minimum Gasteiger partial charge on any atom is -0.278 e. The minimum absolute atomic E-state index is 0.000196. The fourth-order valence-corrected chi connectivity index (χ4v) is 3.95. The smallest absolute Gasteiger partial charge is 0.271 e. The molecule has 8 heteroatoms. The van der Waals surface area contributed by atoms with Crippen molar-refractivity contribution in [2.75, 3.05) is 4.72 Å². The Morgan fingerprint density at radius 1 is 1.32 bits per heavy atom. The van der Waals surface area contributed by atoms with Gasteiger partial charge in [0.1, 0.15) is 21.0 Å². The molecule has 0 fully saturated rings. The van der Waals surface area contributed by atoms with Crippen LogP contribution in [-0.2, 0) is 10.0 Å². The summed E-state index contributed by atoms with van der Waals surface area (Å²) in [5.41, 5.74) is 0.104. The highest BCUT2D eigenvalue weighted by molar-refractivity contribution is 9.10. The highest BCUT2D eigenvalue weighted by Crippen LogP contribution is 2.28. The maximum atomic E-state index is 13.1. The van der Waals surface area contributed by atoms with Gasteiger partial charge in [-0.25, -0.2) is 12.8 Å². The molecule has 1 heterocycles. The molecule has 2 rings (SSSR count). The fourth-order valence-electron chi connectivity index (χ4n) is 1.30. The molecule has 4 nitrogen and oxygen atoms in total. The molecule has 0 aliphatic heterocycles. The second-order valence-electron chi connectivity index (χ2n) is 3.46. The first-order valence-corrected chi connectivity index (χ1v) is 7.99. The lowest BCUT2D eigenvalue weighted by Crippen LogP contribution is -2.12. The van der Waals surface area contributed by atoms with Crippen molar-refractivity contribution in [1.82, 2.24) is 0 Å². The molecule has 1 aromatic carbocycles. The van der Waals surface area contributed by atoms with Gasteiger partial charge in [-0.15, -0.1) is 11.3 Å². The number of hydrogen-bond acceptors (Lipinski definition) is 4. The maximum absolute atomic E-state index is 13.1. The zero-order chi connectivity index (χ0) is 14.0. The first-order chi connectivity index (χ1) is 8.92. The van der Waals surface area contributed by atoms with Crippen LogP contribution < -0.4 is 4.72 Å². The molecule has 0 bridgehead atoms. The molecular weight excluding hydrogens is 355 g/mol. The van der Waals surface area contributed by atoms with Crippen molar-refractivity contribution in [3.05, 3.63) is 45.5 Å².